The average molecular weight is 277 g/mol. The van der Waals surface area contributed by atoms with Crippen molar-refractivity contribution in [3.05, 3.63) is 59.7 Å². The lowest BCUT2D eigenvalue weighted by Gasteiger charge is -2.09. The Morgan fingerprint density at radius 3 is 2.60 bits per heavy atom. The number of benzene rings is 2. The van der Waals surface area contributed by atoms with Crippen LogP contribution < -0.4 is 16.4 Å². The highest BCUT2D eigenvalue weighted by Crippen LogP contribution is 2.16. The highest BCUT2D eigenvalue weighted by molar-refractivity contribution is 5.99. The Morgan fingerprint density at radius 1 is 1.10 bits per heavy atom. The molecule has 104 valence electrons. The molecule has 2 aromatic carbocycles. The first kappa shape index (κ1) is 14.0. The molecule has 0 bridgehead atoms. The van der Waals surface area contributed by atoms with E-state index in [0.29, 0.717) is 18.3 Å². The monoisotopic (exact) mass is 277 g/mol. The summed E-state index contributed by atoms with van der Waals surface area (Å²) in [4.78, 5) is 11.7. The predicted octanol–water partition coefficient (Wildman–Crippen LogP) is 3.07. The van der Waals surface area contributed by atoms with Crippen LogP contribution in [0.5, 0.6) is 0 Å². The molecular formula is C14H13F2N3O. The smallest absolute Gasteiger partial charge is 0.323 e. The minimum Gasteiger partial charge on any atom is -0.326 e. The number of nitrogens with one attached hydrogen (secondary N) is 2. The van der Waals surface area contributed by atoms with Crippen LogP contribution in [-0.2, 0) is 6.54 Å². The zero-order valence-corrected chi connectivity index (χ0v) is 10.5. The number of rotatable bonds is 3. The number of urea groups is 1. The van der Waals surface area contributed by atoms with Crippen LogP contribution in [0.15, 0.2) is 42.5 Å². The van der Waals surface area contributed by atoms with E-state index < -0.39 is 17.7 Å². The summed E-state index contributed by atoms with van der Waals surface area (Å²) in [6, 6.07) is 9.25. The molecule has 0 saturated heterocycles. The fraction of sp³-hybridized carbons (Fsp3) is 0.0714. The first-order chi connectivity index (χ1) is 9.58. The molecule has 2 aromatic rings. The molecule has 0 saturated carbocycles. The maximum atomic E-state index is 13.4. The molecule has 0 aliphatic rings. The van der Waals surface area contributed by atoms with Gasteiger partial charge in [0.05, 0.1) is 5.69 Å². The largest absolute Gasteiger partial charge is 0.326 e. The van der Waals surface area contributed by atoms with Crippen molar-refractivity contribution in [1.82, 2.24) is 0 Å². The van der Waals surface area contributed by atoms with Crippen LogP contribution in [0.1, 0.15) is 5.56 Å². The van der Waals surface area contributed by atoms with Crippen molar-refractivity contribution in [3.63, 3.8) is 0 Å². The van der Waals surface area contributed by atoms with Crippen LogP contribution in [0.4, 0.5) is 25.0 Å². The van der Waals surface area contributed by atoms with Crippen molar-refractivity contribution in [2.45, 2.75) is 6.54 Å². The van der Waals surface area contributed by atoms with E-state index in [1.807, 2.05) is 6.07 Å². The Bertz CT molecular complexity index is 632. The summed E-state index contributed by atoms with van der Waals surface area (Å²) in [6.45, 7) is 0.351. The van der Waals surface area contributed by atoms with Crippen molar-refractivity contribution < 1.29 is 13.6 Å². The Kier molecular flexibility index (Phi) is 4.27. The minimum atomic E-state index is -0.837. The standard InChI is InChI=1S/C14H13F2N3O/c15-10-4-5-13(12(16)7-10)19-14(20)18-11-3-1-2-9(6-11)8-17/h1-7H,8,17H2,(H2,18,19,20). The van der Waals surface area contributed by atoms with E-state index in [1.165, 1.54) is 0 Å². The molecule has 0 aliphatic carbocycles. The van der Waals surface area contributed by atoms with E-state index in [2.05, 4.69) is 10.6 Å². The second kappa shape index (κ2) is 6.12. The Morgan fingerprint density at radius 2 is 1.90 bits per heavy atom. The summed E-state index contributed by atoms with van der Waals surface area (Å²) in [5.41, 5.74) is 6.79. The van der Waals surface area contributed by atoms with Crippen LogP contribution in [0, 0.1) is 11.6 Å². The zero-order chi connectivity index (χ0) is 14.5. The second-order valence-corrected chi connectivity index (χ2v) is 4.11. The van der Waals surface area contributed by atoms with E-state index in [1.54, 1.807) is 18.2 Å². The lowest BCUT2D eigenvalue weighted by Crippen LogP contribution is -2.20. The first-order valence-corrected chi connectivity index (χ1v) is 5.90. The number of anilines is 2. The van der Waals surface area contributed by atoms with Gasteiger partial charge in [0.1, 0.15) is 11.6 Å². The molecule has 4 N–H and O–H groups in total. The summed E-state index contributed by atoms with van der Waals surface area (Å²) >= 11 is 0. The van der Waals surface area contributed by atoms with Gasteiger partial charge in [-0.1, -0.05) is 12.1 Å². The average Bonchev–Trinajstić information content (AvgIpc) is 2.42. The van der Waals surface area contributed by atoms with Gasteiger partial charge in [0, 0.05) is 18.3 Å². The molecule has 0 heterocycles. The summed E-state index contributed by atoms with van der Waals surface area (Å²) in [5.74, 6) is -1.54. The van der Waals surface area contributed by atoms with Crippen molar-refractivity contribution in [2.75, 3.05) is 10.6 Å². The molecule has 0 aromatic heterocycles. The summed E-state index contributed by atoms with van der Waals surface area (Å²) in [6.07, 6.45) is 0. The van der Waals surface area contributed by atoms with Gasteiger partial charge >= 0.3 is 6.03 Å². The number of carbonyl (C=O) groups excluding carboxylic acids is 1. The number of halogens is 2. The van der Waals surface area contributed by atoms with Gasteiger partial charge in [-0.05, 0) is 29.8 Å². The van der Waals surface area contributed by atoms with Crippen LogP contribution >= 0.6 is 0 Å². The molecule has 0 radical (unpaired) electrons. The van der Waals surface area contributed by atoms with Gasteiger partial charge in [0.15, 0.2) is 0 Å². The summed E-state index contributed by atoms with van der Waals surface area (Å²) < 4.78 is 26.1. The third-order valence-corrected chi connectivity index (χ3v) is 2.60. The summed E-state index contributed by atoms with van der Waals surface area (Å²) in [7, 11) is 0. The van der Waals surface area contributed by atoms with Gasteiger partial charge in [-0.2, -0.15) is 0 Å². The van der Waals surface area contributed by atoms with Gasteiger partial charge in [-0.15, -0.1) is 0 Å². The second-order valence-electron chi connectivity index (χ2n) is 4.11. The SMILES string of the molecule is NCc1cccc(NC(=O)Nc2ccc(F)cc2F)c1. The molecule has 4 nitrogen and oxygen atoms in total. The quantitative estimate of drug-likeness (QED) is 0.807. The number of carbonyl (C=O) groups is 1. The van der Waals surface area contributed by atoms with Gasteiger partial charge in [-0.25, -0.2) is 13.6 Å². The van der Waals surface area contributed by atoms with E-state index in [0.717, 1.165) is 17.7 Å². The van der Waals surface area contributed by atoms with Crippen LogP contribution in [0.25, 0.3) is 0 Å². The molecule has 0 aliphatic heterocycles. The molecule has 0 spiro atoms. The molecular weight excluding hydrogens is 264 g/mol. The maximum absolute atomic E-state index is 13.4. The minimum absolute atomic E-state index is 0.0983. The first-order valence-electron chi connectivity index (χ1n) is 5.90. The van der Waals surface area contributed by atoms with E-state index >= 15 is 0 Å². The van der Waals surface area contributed by atoms with Gasteiger partial charge in [-0.3, -0.25) is 0 Å². The van der Waals surface area contributed by atoms with Crippen LogP contribution in [0.3, 0.4) is 0 Å². The molecule has 2 amide bonds. The third kappa shape index (κ3) is 3.52. The lowest BCUT2D eigenvalue weighted by atomic mass is 10.2. The number of nitrogens with two attached hydrogens (primary N) is 1. The highest BCUT2D eigenvalue weighted by atomic mass is 19.1. The van der Waals surface area contributed by atoms with E-state index in [9.17, 15) is 13.6 Å². The van der Waals surface area contributed by atoms with Crippen LogP contribution in [0.2, 0.25) is 0 Å². The van der Waals surface area contributed by atoms with E-state index in [4.69, 9.17) is 5.73 Å². The summed E-state index contributed by atoms with van der Waals surface area (Å²) in [5, 5.41) is 4.84. The number of hydrogen-bond acceptors (Lipinski definition) is 2. The molecule has 0 atom stereocenters. The fourth-order valence-electron chi connectivity index (χ4n) is 1.65. The Labute approximate surface area is 114 Å². The molecule has 20 heavy (non-hydrogen) atoms. The van der Waals surface area contributed by atoms with Crippen LogP contribution in [-0.4, -0.2) is 6.03 Å². The van der Waals surface area contributed by atoms with Gasteiger partial charge in [0.2, 0.25) is 0 Å². The van der Waals surface area contributed by atoms with Crippen molar-refractivity contribution in [2.24, 2.45) is 5.73 Å². The van der Waals surface area contributed by atoms with Crippen molar-refractivity contribution in [3.8, 4) is 0 Å². The topological polar surface area (TPSA) is 67.1 Å². The number of hydrogen-bond donors (Lipinski definition) is 3. The normalized spacial score (nSPS) is 10.2. The van der Waals surface area contributed by atoms with Gasteiger partial charge in [0.25, 0.3) is 0 Å². The molecule has 0 unspecified atom stereocenters. The third-order valence-electron chi connectivity index (χ3n) is 2.60. The lowest BCUT2D eigenvalue weighted by molar-refractivity contribution is 0.262. The molecule has 0 fully saturated rings. The fourth-order valence-corrected chi connectivity index (χ4v) is 1.65. The Hall–Kier alpha value is -2.47. The Balaban J connectivity index is 2.05. The maximum Gasteiger partial charge on any atom is 0.323 e. The molecule has 2 rings (SSSR count). The highest BCUT2D eigenvalue weighted by Gasteiger charge is 2.08. The van der Waals surface area contributed by atoms with Crippen molar-refractivity contribution in [1.29, 1.82) is 0 Å². The zero-order valence-electron chi connectivity index (χ0n) is 10.5. The molecule has 6 heteroatoms. The van der Waals surface area contributed by atoms with E-state index in [-0.39, 0.29) is 5.69 Å². The van der Waals surface area contributed by atoms with Crippen molar-refractivity contribution >= 4 is 17.4 Å². The van der Waals surface area contributed by atoms with Gasteiger partial charge < -0.3 is 16.4 Å². The predicted molar refractivity (Wildman–Crippen MR) is 73.3 cm³/mol. The number of amides is 2.